The largest absolute Gasteiger partial charge is 0.488 e. The third kappa shape index (κ3) is 7.77. The lowest BCUT2D eigenvalue weighted by Gasteiger charge is -2.26. The summed E-state index contributed by atoms with van der Waals surface area (Å²) in [7, 11) is 0. The van der Waals surface area contributed by atoms with Gasteiger partial charge in [0.1, 0.15) is 12.2 Å². The zero-order valence-corrected chi connectivity index (χ0v) is 20.9. The average Bonchev–Trinajstić information content (AvgIpc) is 3.03. The van der Waals surface area contributed by atoms with Crippen LogP contribution in [0.1, 0.15) is 32.8 Å². The van der Waals surface area contributed by atoms with Gasteiger partial charge in [-0.25, -0.2) is 0 Å². The molecule has 1 fully saturated rings. The normalized spacial score (nSPS) is 18.2. The highest BCUT2D eigenvalue weighted by atomic mass is 127. The standard InChI is InChI=1S/C22H36N4O3.HI/c1-4-23-21(24-9-6-11-26-12-15-27-16-13-26)25-10-14-28-19-8-5-7-18-17-22(2,3)29-20(18)19;/h5,7-8H,4,6,9-17H2,1-3H3,(H2,23,24,25);1H. The van der Waals surface area contributed by atoms with E-state index < -0.39 is 0 Å². The summed E-state index contributed by atoms with van der Waals surface area (Å²) in [6.07, 6.45) is 1.97. The summed E-state index contributed by atoms with van der Waals surface area (Å²) in [6, 6.07) is 6.12. The number of para-hydroxylation sites is 1. The molecule has 0 radical (unpaired) electrons. The summed E-state index contributed by atoms with van der Waals surface area (Å²) in [6.45, 7) is 14.0. The maximum atomic E-state index is 6.06. The van der Waals surface area contributed by atoms with Gasteiger partial charge in [0.25, 0.3) is 0 Å². The van der Waals surface area contributed by atoms with Crippen LogP contribution >= 0.6 is 24.0 Å². The van der Waals surface area contributed by atoms with E-state index in [9.17, 15) is 0 Å². The van der Waals surface area contributed by atoms with E-state index in [0.29, 0.717) is 13.2 Å². The summed E-state index contributed by atoms with van der Waals surface area (Å²) < 4.78 is 17.4. The predicted octanol–water partition coefficient (Wildman–Crippen LogP) is 2.67. The lowest BCUT2D eigenvalue weighted by Crippen LogP contribution is -2.40. The maximum absolute atomic E-state index is 6.06. The van der Waals surface area contributed by atoms with Crippen molar-refractivity contribution in [2.75, 3.05) is 59.1 Å². The second kappa shape index (κ2) is 12.6. The Labute approximate surface area is 197 Å². The van der Waals surface area contributed by atoms with Crippen molar-refractivity contribution in [3.63, 3.8) is 0 Å². The molecule has 0 aromatic heterocycles. The maximum Gasteiger partial charge on any atom is 0.191 e. The number of rotatable bonds is 9. The Morgan fingerprint density at radius 2 is 2.03 bits per heavy atom. The van der Waals surface area contributed by atoms with Crippen LogP contribution in [0.4, 0.5) is 0 Å². The lowest BCUT2D eigenvalue weighted by atomic mass is 10.0. The van der Waals surface area contributed by atoms with Crippen LogP contribution < -0.4 is 20.1 Å². The molecule has 0 saturated carbocycles. The van der Waals surface area contributed by atoms with Gasteiger partial charge in [0.05, 0.1) is 19.8 Å². The molecule has 2 N–H and O–H groups in total. The highest BCUT2D eigenvalue weighted by molar-refractivity contribution is 14.0. The molecule has 0 bridgehead atoms. The minimum Gasteiger partial charge on any atom is -0.488 e. The monoisotopic (exact) mass is 532 g/mol. The van der Waals surface area contributed by atoms with Gasteiger partial charge in [-0.1, -0.05) is 12.1 Å². The molecular formula is C22H37IN4O3. The summed E-state index contributed by atoms with van der Waals surface area (Å²) in [5.74, 6) is 2.55. The van der Waals surface area contributed by atoms with E-state index in [1.54, 1.807) is 0 Å². The Balaban J connectivity index is 0.00000320. The first kappa shape index (κ1) is 25.0. The number of fused-ring (bicyclic) bond motifs is 1. The number of aliphatic imine (C=N–C) groups is 1. The van der Waals surface area contributed by atoms with E-state index in [2.05, 4.69) is 47.4 Å². The molecule has 0 unspecified atom stereocenters. The summed E-state index contributed by atoms with van der Waals surface area (Å²) in [4.78, 5) is 7.11. The third-order valence-electron chi connectivity index (χ3n) is 5.06. The summed E-state index contributed by atoms with van der Waals surface area (Å²) >= 11 is 0. The number of nitrogens with zero attached hydrogens (tertiary/aromatic N) is 2. The number of halogens is 1. The highest BCUT2D eigenvalue weighted by Gasteiger charge is 2.32. The smallest absolute Gasteiger partial charge is 0.191 e. The van der Waals surface area contributed by atoms with Crippen LogP contribution in [0.2, 0.25) is 0 Å². The molecule has 0 amide bonds. The Morgan fingerprint density at radius 3 is 2.80 bits per heavy atom. The predicted molar refractivity (Wildman–Crippen MR) is 132 cm³/mol. The topological polar surface area (TPSA) is 67.4 Å². The van der Waals surface area contributed by atoms with Crippen LogP contribution in [0.5, 0.6) is 11.5 Å². The van der Waals surface area contributed by atoms with Crippen LogP contribution in [-0.4, -0.2) is 75.5 Å². The van der Waals surface area contributed by atoms with E-state index in [1.807, 2.05) is 12.1 Å². The molecule has 1 aromatic carbocycles. The first-order chi connectivity index (χ1) is 14.1. The first-order valence-electron chi connectivity index (χ1n) is 10.8. The number of guanidine groups is 1. The minimum atomic E-state index is -0.161. The first-order valence-corrected chi connectivity index (χ1v) is 10.8. The number of ether oxygens (including phenoxy) is 3. The summed E-state index contributed by atoms with van der Waals surface area (Å²) in [5.41, 5.74) is 1.06. The van der Waals surface area contributed by atoms with Crippen molar-refractivity contribution in [2.24, 2.45) is 4.99 Å². The van der Waals surface area contributed by atoms with Crippen molar-refractivity contribution in [1.82, 2.24) is 15.5 Å². The Hall–Kier alpha value is -1.26. The molecular weight excluding hydrogens is 495 g/mol. The molecule has 30 heavy (non-hydrogen) atoms. The van der Waals surface area contributed by atoms with Crippen molar-refractivity contribution in [3.8, 4) is 11.5 Å². The van der Waals surface area contributed by atoms with Gasteiger partial charge in [0, 0.05) is 44.7 Å². The van der Waals surface area contributed by atoms with Crippen molar-refractivity contribution < 1.29 is 14.2 Å². The number of morpholine rings is 1. The molecule has 1 saturated heterocycles. The molecule has 1 aromatic rings. The second-order valence-corrected chi connectivity index (χ2v) is 8.13. The molecule has 2 aliphatic rings. The van der Waals surface area contributed by atoms with Gasteiger partial charge in [-0.3, -0.25) is 9.89 Å². The zero-order chi connectivity index (χ0) is 20.5. The van der Waals surface area contributed by atoms with Gasteiger partial charge in [-0.15, -0.1) is 24.0 Å². The molecule has 7 nitrogen and oxygen atoms in total. The van der Waals surface area contributed by atoms with Gasteiger partial charge >= 0.3 is 0 Å². The van der Waals surface area contributed by atoms with Crippen molar-refractivity contribution in [2.45, 2.75) is 39.2 Å². The van der Waals surface area contributed by atoms with E-state index in [0.717, 1.165) is 76.2 Å². The van der Waals surface area contributed by atoms with Crippen LogP contribution in [0.25, 0.3) is 0 Å². The lowest BCUT2D eigenvalue weighted by molar-refractivity contribution is 0.0377. The van der Waals surface area contributed by atoms with Crippen LogP contribution in [0, 0.1) is 0 Å². The minimum absolute atomic E-state index is 0. The number of nitrogens with one attached hydrogen (secondary N) is 2. The van der Waals surface area contributed by atoms with Gasteiger partial charge in [-0.05, 0) is 33.3 Å². The summed E-state index contributed by atoms with van der Waals surface area (Å²) in [5, 5.41) is 6.65. The average molecular weight is 532 g/mol. The molecule has 0 aliphatic carbocycles. The van der Waals surface area contributed by atoms with Crippen LogP contribution in [0.15, 0.2) is 23.2 Å². The van der Waals surface area contributed by atoms with E-state index in [-0.39, 0.29) is 29.6 Å². The number of hydrogen-bond acceptors (Lipinski definition) is 5. The van der Waals surface area contributed by atoms with Gasteiger partial charge in [-0.2, -0.15) is 0 Å². The fraction of sp³-hybridized carbons (Fsp3) is 0.682. The van der Waals surface area contributed by atoms with Crippen LogP contribution in [0.3, 0.4) is 0 Å². The highest BCUT2D eigenvalue weighted by Crippen LogP contribution is 2.41. The zero-order valence-electron chi connectivity index (χ0n) is 18.5. The molecule has 170 valence electrons. The Kier molecular flexibility index (Phi) is 10.5. The molecule has 0 spiro atoms. The van der Waals surface area contributed by atoms with E-state index in [4.69, 9.17) is 14.2 Å². The molecule has 2 aliphatic heterocycles. The fourth-order valence-electron chi connectivity index (χ4n) is 3.68. The Morgan fingerprint density at radius 1 is 1.23 bits per heavy atom. The van der Waals surface area contributed by atoms with Gasteiger partial charge < -0.3 is 24.8 Å². The van der Waals surface area contributed by atoms with Crippen molar-refractivity contribution in [1.29, 1.82) is 0 Å². The van der Waals surface area contributed by atoms with Crippen LogP contribution in [-0.2, 0) is 11.2 Å². The molecule has 8 heteroatoms. The molecule has 0 atom stereocenters. The van der Waals surface area contributed by atoms with E-state index in [1.165, 1.54) is 5.56 Å². The quantitative estimate of drug-likeness (QED) is 0.221. The second-order valence-electron chi connectivity index (χ2n) is 8.13. The third-order valence-corrected chi connectivity index (χ3v) is 5.06. The van der Waals surface area contributed by atoms with E-state index >= 15 is 0 Å². The number of hydrogen-bond donors (Lipinski definition) is 2. The molecule has 2 heterocycles. The SMILES string of the molecule is CCNC(=NCCCN1CCOCC1)NCCOc1cccc2c1OC(C)(C)C2.I. The van der Waals surface area contributed by atoms with Gasteiger partial charge in [0.2, 0.25) is 0 Å². The van der Waals surface area contributed by atoms with Gasteiger partial charge in [0.15, 0.2) is 17.5 Å². The fourth-order valence-corrected chi connectivity index (χ4v) is 3.68. The molecule has 3 rings (SSSR count). The van der Waals surface area contributed by atoms with Crippen molar-refractivity contribution in [3.05, 3.63) is 23.8 Å². The van der Waals surface area contributed by atoms with Crippen molar-refractivity contribution >= 4 is 29.9 Å². The number of benzene rings is 1. The Bertz CT molecular complexity index is 678.